The van der Waals surface area contributed by atoms with Crippen LogP contribution >= 0.6 is 0 Å². The van der Waals surface area contributed by atoms with E-state index in [-0.39, 0.29) is 12.5 Å². The van der Waals surface area contributed by atoms with Crippen molar-refractivity contribution in [3.63, 3.8) is 0 Å². The molecule has 18 heavy (non-hydrogen) atoms. The minimum Gasteiger partial charge on any atom is -0.497 e. The van der Waals surface area contributed by atoms with E-state index in [9.17, 15) is 4.79 Å². The van der Waals surface area contributed by atoms with Crippen LogP contribution in [0.1, 0.15) is 6.92 Å². The lowest BCUT2D eigenvalue weighted by Crippen LogP contribution is -2.34. The smallest absolute Gasteiger partial charge is 0.257 e. The van der Waals surface area contributed by atoms with Gasteiger partial charge < -0.3 is 20.1 Å². The van der Waals surface area contributed by atoms with Crippen LogP contribution in [0.3, 0.4) is 0 Å². The summed E-state index contributed by atoms with van der Waals surface area (Å²) in [4.78, 5) is 11.4. The number of hydrogen-bond acceptors (Lipinski definition) is 4. The molecular weight excluding hydrogens is 232 g/mol. The number of rotatable bonds is 8. The molecule has 1 aromatic carbocycles. The third kappa shape index (κ3) is 5.54. The molecule has 0 heterocycles. The van der Waals surface area contributed by atoms with Crippen molar-refractivity contribution in [3.05, 3.63) is 24.3 Å². The summed E-state index contributed by atoms with van der Waals surface area (Å²) < 4.78 is 10.4. The van der Waals surface area contributed by atoms with Gasteiger partial charge in [0, 0.05) is 19.2 Å². The van der Waals surface area contributed by atoms with Crippen molar-refractivity contribution >= 4 is 5.91 Å². The number of carbonyl (C=O) groups excluding carboxylic acids is 1. The second-order valence-corrected chi connectivity index (χ2v) is 3.67. The van der Waals surface area contributed by atoms with E-state index in [0.29, 0.717) is 18.0 Å². The molecule has 0 radical (unpaired) electrons. The van der Waals surface area contributed by atoms with Gasteiger partial charge in [-0.2, -0.15) is 0 Å². The Morgan fingerprint density at radius 1 is 1.28 bits per heavy atom. The molecule has 1 aromatic rings. The van der Waals surface area contributed by atoms with Crippen LogP contribution in [0.25, 0.3) is 0 Å². The van der Waals surface area contributed by atoms with E-state index in [1.165, 1.54) is 0 Å². The number of methoxy groups -OCH3 is 1. The molecule has 2 N–H and O–H groups in total. The summed E-state index contributed by atoms with van der Waals surface area (Å²) in [6.45, 7) is 4.30. The molecule has 0 aromatic heterocycles. The first-order valence-corrected chi connectivity index (χ1v) is 6.00. The summed E-state index contributed by atoms with van der Waals surface area (Å²) in [6, 6.07) is 7.17. The van der Waals surface area contributed by atoms with Crippen molar-refractivity contribution < 1.29 is 14.3 Å². The fraction of sp³-hybridized carbons (Fsp3) is 0.462. The van der Waals surface area contributed by atoms with E-state index in [2.05, 4.69) is 10.6 Å². The van der Waals surface area contributed by atoms with E-state index in [4.69, 9.17) is 9.47 Å². The minimum absolute atomic E-state index is 0.0132. The Morgan fingerprint density at radius 2 is 2.06 bits per heavy atom. The van der Waals surface area contributed by atoms with E-state index in [1.807, 2.05) is 19.1 Å². The van der Waals surface area contributed by atoms with E-state index in [1.54, 1.807) is 19.2 Å². The van der Waals surface area contributed by atoms with Gasteiger partial charge in [0.15, 0.2) is 6.61 Å². The van der Waals surface area contributed by atoms with Gasteiger partial charge in [-0.3, -0.25) is 4.79 Å². The Labute approximate surface area is 107 Å². The predicted octanol–water partition coefficient (Wildman–Crippen LogP) is 0.800. The van der Waals surface area contributed by atoms with Gasteiger partial charge in [-0.05, 0) is 18.7 Å². The molecule has 1 rings (SSSR count). The third-order valence-corrected chi connectivity index (χ3v) is 2.29. The molecule has 0 fully saturated rings. The summed E-state index contributed by atoms with van der Waals surface area (Å²) in [5.74, 6) is 1.20. The lowest BCUT2D eigenvalue weighted by Gasteiger charge is -2.08. The van der Waals surface area contributed by atoms with Gasteiger partial charge in [0.1, 0.15) is 11.5 Å². The number of benzene rings is 1. The number of amides is 1. The zero-order valence-electron chi connectivity index (χ0n) is 10.9. The minimum atomic E-state index is -0.129. The maximum Gasteiger partial charge on any atom is 0.257 e. The average Bonchev–Trinajstić information content (AvgIpc) is 2.41. The quantitative estimate of drug-likeness (QED) is 0.672. The molecule has 0 saturated carbocycles. The molecule has 100 valence electrons. The molecule has 0 spiro atoms. The topological polar surface area (TPSA) is 59.6 Å². The molecule has 5 nitrogen and oxygen atoms in total. The normalized spacial score (nSPS) is 9.89. The van der Waals surface area contributed by atoms with Gasteiger partial charge in [0.2, 0.25) is 0 Å². The summed E-state index contributed by atoms with van der Waals surface area (Å²) in [6.07, 6.45) is 0. The highest BCUT2D eigenvalue weighted by Crippen LogP contribution is 2.18. The van der Waals surface area contributed by atoms with Crippen molar-refractivity contribution in [1.29, 1.82) is 0 Å². The van der Waals surface area contributed by atoms with Crippen LogP contribution in [-0.2, 0) is 4.79 Å². The molecule has 0 aliphatic rings. The fourth-order valence-electron chi connectivity index (χ4n) is 1.36. The average molecular weight is 252 g/mol. The van der Waals surface area contributed by atoms with Crippen LogP contribution in [0.15, 0.2) is 24.3 Å². The molecule has 0 atom stereocenters. The van der Waals surface area contributed by atoms with Crippen LogP contribution in [0.5, 0.6) is 11.5 Å². The summed E-state index contributed by atoms with van der Waals surface area (Å²) >= 11 is 0. The number of likely N-dealkylation sites (N-methyl/N-ethyl adjacent to an activating group) is 1. The molecule has 0 bridgehead atoms. The fourth-order valence-corrected chi connectivity index (χ4v) is 1.36. The highest BCUT2D eigenvalue weighted by atomic mass is 16.5. The Bertz CT molecular complexity index is 369. The molecule has 0 unspecified atom stereocenters. The molecule has 1 amide bonds. The molecule has 5 heteroatoms. The van der Waals surface area contributed by atoms with Crippen LogP contribution < -0.4 is 20.1 Å². The first-order valence-electron chi connectivity index (χ1n) is 6.00. The van der Waals surface area contributed by atoms with Gasteiger partial charge in [-0.1, -0.05) is 13.0 Å². The standard InChI is InChI=1S/C13H20N2O3/c1-3-14-7-8-15-13(16)10-18-12-6-4-5-11(9-12)17-2/h4-6,9,14H,3,7-8,10H2,1-2H3,(H,15,16). The van der Waals surface area contributed by atoms with Crippen LogP contribution in [-0.4, -0.2) is 39.3 Å². The lowest BCUT2D eigenvalue weighted by atomic mass is 10.3. The maximum absolute atomic E-state index is 11.4. The zero-order chi connectivity index (χ0) is 13.2. The highest BCUT2D eigenvalue weighted by Gasteiger charge is 2.02. The van der Waals surface area contributed by atoms with Gasteiger partial charge >= 0.3 is 0 Å². The summed E-state index contributed by atoms with van der Waals surface area (Å²) in [5, 5.41) is 5.88. The van der Waals surface area contributed by atoms with Crippen LogP contribution in [0.2, 0.25) is 0 Å². The monoisotopic (exact) mass is 252 g/mol. The number of ether oxygens (including phenoxy) is 2. The van der Waals surface area contributed by atoms with Gasteiger partial charge in [-0.25, -0.2) is 0 Å². The number of hydrogen-bond donors (Lipinski definition) is 2. The van der Waals surface area contributed by atoms with Gasteiger partial charge in [-0.15, -0.1) is 0 Å². The molecule has 0 aliphatic heterocycles. The second kappa shape index (κ2) is 8.36. The zero-order valence-corrected chi connectivity index (χ0v) is 10.9. The molecule has 0 aliphatic carbocycles. The Hall–Kier alpha value is -1.75. The first kappa shape index (κ1) is 14.3. The van der Waals surface area contributed by atoms with Crippen molar-refractivity contribution in [2.45, 2.75) is 6.92 Å². The Balaban J connectivity index is 2.24. The second-order valence-electron chi connectivity index (χ2n) is 3.67. The third-order valence-electron chi connectivity index (χ3n) is 2.29. The number of carbonyl (C=O) groups is 1. The Morgan fingerprint density at radius 3 is 2.78 bits per heavy atom. The SMILES string of the molecule is CCNCCNC(=O)COc1cccc(OC)c1. The first-order chi connectivity index (χ1) is 8.76. The molecular formula is C13H20N2O3. The largest absolute Gasteiger partial charge is 0.497 e. The van der Waals surface area contributed by atoms with Crippen molar-refractivity contribution in [1.82, 2.24) is 10.6 Å². The van der Waals surface area contributed by atoms with Crippen molar-refractivity contribution in [2.75, 3.05) is 33.4 Å². The van der Waals surface area contributed by atoms with Gasteiger partial charge in [0.25, 0.3) is 5.91 Å². The van der Waals surface area contributed by atoms with Crippen molar-refractivity contribution in [3.8, 4) is 11.5 Å². The predicted molar refractivity (Wildman–Crippen MR) is 70.0 cm³/mol. The highest BCUT2D eigenvalue weighted by molar-refractivity contribution is 5.77. The van der Waals surface area contributed by atoms with Crippen molar-refractivity contribution in [2.24, 2.45) is 0 Å². The molecule has 0 saturated heterocycles. The maximum atomic E-state index is 11.4. The van der Waals surface area contributed by atoms with Crippen LogP contribution in [0, 0.1) is 0 Å². The van der Waals surface area contributed by atoms with E-state index >= 15 is 0 Å². The summed E-state index contributed by atoms with van der Waals surface area (Å²) in [7, 11) is 1.59. The lowest BCUT2D eigenvalue weighted by molar-refractivity contribution is -0.123. The van der Waals surface area contributed by atoms with E-state index < -0.39 is 0 Å². The van der Waals surface area contributed by atoms with Crippen LogP contribution in [0.4, 0.5) is 0 Å². The Kier molecular flexibility index (Phi) is 6.64. The van der Waals surface area contributed by atoms with Gasteiger partial charge in [0.05, 0.1) is 7.11 Å². The summed E-state index contributed by atoms with van der Waals surface area (Å²) in [5.41, 5.74) is 0. The van der Waals surface area contributed by atoms with E-state index in [0.717, 1.165) is 13.1 Å². The number of nitrogens with one attached hydrogen (secondary N) is 2.